The molecular formula is C17H17F6N5O3. The van der Waals surface area contributed by atoms with E-state index in [1.54, 1.807) is 20.8 Å². The predicted octanol–water partition coefficient (Wildman–Crippen LogP) is 3.92. The summed E-state index contributed by atoms with van der Waals surface area (Å²) in [6.45, 7) is 2.91. The van der Waals surface area contributed by atoms with Crippen molar-refractivity contribution in [3.63, 3.8) is 0 Å². The van der Waals surface area contributed by atoms with Crippen molar-refractivity contribution in [1.82, 2.24) is 25.3 Å². The van der Waals surface area contributed by atoms with E-state index in [2.05, 4.69) is 30.0 Å². The number of nitrogens with one attached hydrogen (secondary N) is 1. The largest absolute Gasteiger partial charge is 0.454 e. The van der Waals surface area contributed by atoms with Crippen LogP contribution in [0.5, 0.6) is 6.01 Å². The van der Waals surface area contributed by atoms with E-state index in [1.165, 1.54) is 6.07 Å². The highest BCUT2D eigenvalue weighted by Gasteiger charge is 2.34. The van der Waals surface area contributed by atoms with E-state index < -0.39 is 42.5 Å². The first-order valence-corrected chi connectivity index (χ1v) is 8.56. The maximum Gasteiger partial charge on any atom is 0.451 e. The number of nitrogens with zero attached hydrogens (tertiary/aromatic N) is 4. The van der Waals surface area contributed by atoms with Gasteiger partial charge in [-0.1, -0.05) is 0 Å². The summed E-state index contributed by atoms with van der Waals surface area (Å²) in [5, 5.41) is 2.35. The SMILES string of the molecule is CC(C)(C)OC(=O)NCc1cc(-c2cnc(C(F)(F)F)nc2)nc(OCC(F)(F)F)n1. The van der Waals surface area contributed by atoms with Gasteiger partial charge in [-0.15, -0.1) is 0 Å². The Morgan fingerprint density at radius 3 is 2.16 bits per heavy atom. The molecule has 31 heavy (non-hydrogen) atoms. The molecule has 0 atom stereocenters. The van der Waals surface area contributed by atoms with Crippen LogP contribution in [0.2, 0.25) is 0 Å². The lowest BCUT2D eigenvalue weighted by Crippen LogP contribution is -2.32. The van der Waals surface area contributed by atoms with Gasteiger partial charge >= 0.3 is 24.5 Å². The van der Waals surface area contributed by atoms with E-state index in [9.17, 15) is 31.1 Å². The molecule has 2 aromatic rings. The Hall–Kier alpha value is -3.19. The molecular weight excluding hydrogens is 436 g/mol. The Morgan fingerprint density at radius 1 is 1.03 bits per heavy atom. The Kier molecular flexibility index (Phi) is 6.91. The maximum absolute atomic E-state index is 12.6. The summed E-state index contributed by atoms with van der Waals surface area (Å²) in [6.07, 6.45) is -8.66. The van der Waals surface area contributed by atoms with Crippen molar-refractivity contribution in [2.24, 2.45) is 0 Å². The van der Waals surface area contributed by atoms with Crippen LogP contribution in [0.1, 0.15) is 32.3 Å². The Morgan fingerprint density at radius 2 is 1.65 bits per heavy atom. The standard InChI is InChI=1S/C17H17F6N5O3/c1-15(2,3)31-14(29)26-7-10-4-11(28-13(27-10)30-8-16(18,19)20)9-5-24-12(25-6-9)17(21,22)23/h4-6H,7-8H2,1-3H3,(H,26,29). The number of amides is 1. The molecule has 1 amide bonds. The molecule has 2 aromatic heterocycles. The van der Waals surface area contributed by atoms with Gasteiger partial charge in [-0.3, -0.25) is 0 Å². The number of halogens is 6. The van der Waals surface area contributed by atoms with Gasteiger partial charge < -0.3 is 14.8 Å². The van der Waals surface area contributed by atoms with E-state index in [4.69, 9.17) is 4.74 Å². The lowest BCUT2D eigenvalue weighted by Gasteiger charge is -2.19. The van der Waals surface area contributed by atoms with Crippen molar-refractivity contribution in [3.05, 3.63) is 30.0 Å². The Bertz CT molecular complexity index is 910. The van der Waals surface area contributed by atoms with Crippen molar-refractivity contribution in [3.8, 4) is 17.3 Å². The summed E-state index contributed by atoms with van der Waals surface area (Å²) in [5.41, 5.74) is -0.931. The lowest BCUT2D eigenvalue weighted by atomic mass is 10.2. The molecule has 170 valence electrons. The number of carbonyl (C=O) groups is 1. The average Bonchev–Trinajstić information content (AvgIpc) is 2.62. The fraction of sp³-hybridized carbons (Fsp3) is 0.471. The van der Waals surface area contributed by atoms with Gasteiger partial charge in [0.15, 0.2) is 6.61 Å². The van der Waals surface area contributed by atoms with Crippen LogP contribution in [-0.4, -0.2) is 44.4 Å². The molecule has 0 spiro atoms. The van der Waals surface area contributed by atoms with E-state index in [0.717, 1.165) is 12.4 Å². The summed E-state index contributed by atoms with van der Waals surface area (Å²) in [6, 6.07) is 0.528. The van der Waals surface area contributed by atoms with Gasteiger partial charge in [-0.05, 0) is 26.8 Å². The number of rotatable bonds is 5. The molecule has 1 N–H and O–H groups in total. The quantitative estimate of drug-likeness (QED) is 0.685. The van der Waals surface area contributed by atoms with Gasteiger partial charge in [-0.25, -0.2) is 14.8 Å². The second-order valence-corrected chi connectivity index (χ2v) is 7.08. The molecule has 0 aliphatic heterocycles. The third kappa shape index (κ3) is 8.22. The minimum Gasteiger partial charge on any atom is -0.454 e. The van der Waals surface area contributed by atoms with Gasteiger partial charge in [0.05, 0.1) is 17.9 Å². The zero-order valence-electron chi connectivity index (χ0n) is 16.4. The number of ether oxygens (including phenoxy) is 2. The van der Waals surface area contributed by atoms with Crippen molar-refractivity contribution < 1.29 is 40.6 Å². The lowest BCUT2D eigenvalue weighted by molar-refractivity contribution is -0.154. The average molecular weight is 453 g/mol. The minimum atomic E-state index is -4.77. The van der Waals surface area contributed by atoms with Crippen molar-refractivity contribution in [1.29, 1.82) is 0 Å². The topological polar surface area (TPSA) is 99.1 Å². The van der Waals surface area contributed by atoms with Crippen LogP contribution in [0.25, 0.3) is 11.3 Å². The van der Waals surface area contributed by atoms with Gasteiger partial charge in [0.25, 0.3) is 0 Å². The molecule has 0 saturated carbocycles. The number of hydrogen-bond acceptors (Lipinski definition) is 7. The van der Waals surface area contributed by atoms with Crippen molar-refractivity contribution in [2.45, 2.75) is 45.3 Å². The molecule has 8 nitrogen and oxygen atoms in total. The zero-order chi connectivity index (χ0) is 23.4. The fourth-order valence-corrected chi connectivity index (χ4v) is 2.01. The molecule has 0 aliphatic rings. The van der Waals surface area contributed by atoms with Crippen LogP contribution >= 0.6 is 0 Å². The van der Waals surface area contributed by atoms with Crippen molar-refractivity contribution in [2.75, 3.05) is 6.61 Å². The third-order valence-electron chi connectivity index (χ3n) is 3.14. The second kappa shape index (κ2) is 8.89. The number of hydrogen-bond donors (Lipinski definition) is 1. The predicted molar refractivity (Wildman–Crippen MR) is 92.7 cm³/mol. The highest BCUT2D eigenvalue weighted by Crippen LogP contribution is 2.27. The molecule has 0 aromatic carbocycles. The Balaban J connectivity index is 2.29. The van der Waals surface area contributed by atoms with E-state index in [-0.39, 0.29) is 23.5 Å². The fourth-order valence-electron chi connectivity index (χ4n) is 2.01. The normalized spacial score (nSPS) is 12.4. The van der Waals surface area contributed by atoms with Gasteiger partial charge in [0, 0.05) is 18.0 Å². The first kappa shape index (κ1) is 24.1. The monoisotopic (exact) mass is 453 g/mol. The van der Waals surface area contributed by atoms with Gasteiger partial charge in [0.1, 0.15) is 5.60 Å². The van der Waals surface area contributed by atoms with E-state index in [1.807, 2.05) is 0 Å². The van der Waals surface area contributed by atoms with Crippen LogP contribution < -0.4 is 10.1 Å². The van der Waals surface area contributed by atoms with Crippen LogP contribution in [0.3, 0.4) is 0 Å². The number of alkyl carbamates (subject to hydrolysis) is 1. The van der Waals surface area contributed by atoms with Crippen LogP contribution in [0.4, 0.5) is 31.1 Å². The zero-order valence-corrected chi connectivity index (χ0v) is 16.4. The molecule has 0 bridgehead atoms. The minimum absolute atomic E-state index is 0.00734. The third-order valence-corrected chi connectivity index (χ3v) is 3.14. The molecule has 0 saturated heterocycles. The highest BCUT2D eigenvalue weighted by molar-refractivity contribution is 5.67. The summed E-state index contributed by atoms with van der Waals surface area (Å²) < 4.78 is 84.8. The highest BCUT2D eigenvalue weighted by atomic mass is 19.4. The first-order valence-electron chi connectivity index (χ1n) is 8.56. The maximum atomic E-state index is 12.6. The van der Waals surface area contributed by atoms with Crippen LogP contribution in [-0.2, 0) is 17.5 Å². The van der Waals surface area contributed by atoms with Gasteiger partial charge in [0.2, 0.25) is 5.82 Å². The molecule has 2 heterocycles. The molecule has 14 heteroatoms. The van der Waals surface area contributed by atoms with Crippen LogP contribution in [0, 0.1) is 0 Å². The molecule has 0 fully saturated rings. The number of aromatic nitrogens is 4. The van der Waals surface area contributed by atoms with Crippen LogP contribution in [0.15, 0.2) is 18.5 Å². The van der Waals surface area contributed by atoms with Crippen molar-refractivity contribution >= 4 is 6.09 Å². The summed E-state index contributed by atoms with van der Waals surface area (Å²) in [7, 11) is 0. The Labute approximate surface area is 172 Å². The smallest absolute Gasteiger partial charge is 0.451 e. The van der Waals surface area contributed by atoms with E-state index >= 15 is 0 Å². The van der Waals surface area contributed by atoms with Gasteiger partial charge in [-0.2, -0.15) is 36.3 Å². The summed E-state index contributed by atoms with van der Waals surface area (Å²) in [5.74, 6) is -1.40. The molecule has 0 radical (unpaired) electrons. The number of carbonyl (C=O) groups excluding carboxylic acids is 1. The van der Waals surface area contributed by atoms with E-state index in [0.29, 0.717) is 0 Å². The number of alkyl halides is 6. The summed E-state index contributed by atoms with van der Waals surface area (Å²) >= 11 is 0. The summed E-state index contributed by atoms with van der Waals surface area (Å²) in [4.78, 5) is 25.6. The first-order chi connectivity index (χ1) is 14.1. The second-order valence-electron chi connectivity index (χ2n) is 7.08. The molecule has 0 unspecified atom stereocenters. The molecule has 0 aliphatic carbocycles. The molecule has 2 rings (SSSR count).